The van der Waals surface area contributed by atoms with Crippen molar-refractivity contribution in [2.24, 2.45) is 0 Å². The molecule has 0 aliphatic rings. The van der Waals surface area contributed by atoms with Crippen molar-refractivity contribution in [3.8, 4) is 11.5 Å². The van der Waals surface area contributed by atoms with Crippen LogP contribution in [0.2, 0.25) is 0 Å². The van der Waals surface area contributed by atoms with E-state index < -0.39 is 0 Å². The summed E-state index contributed by atoms with van der Waals surface area (Å²) in [6.45, 7) is 7.02. The van der Waals surface area contributed by atoms with Gasteiger partial charge in [0.1, 0.15) is 11.5 Å². The smallest absolute Gasteiger partial charge is 0.262 e. The van der Waals surface area contributed by atoms with E-state index in [-0.39, 0.29) is 17.9 Å². The standard InChI is InChI=1S/C27H30BrNO3/c1-27(2,3)21-14-15-25(24(28)17-21)32-19-26(30)29-22-12-7-13-23(18-22)31-16-8-11-20-9-5-4-6-10-20/h4-7,9-10,12-15,17-18H,8,11,16,19H2,1-3H3,(H,29,30). The molecule has 0 spiro atoms. The summed E-state index contributed by atoms with van der Waals surface area (Å²) < 4.78 is 12.4. The molecule has 0 atom stereocenters. The van der Waals surface area contributed by atoms with Crippen LogP contribution < -0.4 is 14.8 Å². The van der Waals surface area contributed by atoms with Crippen molar-refractivity contribution in [1.82, 2.24) is 0 Å². The number of aryl methyl sites for hydroxylation is 1. The van der Waals surface area contributed by atoms with Gasteiger partial charge in [-0.1, -0.05) is 63.2 Å². The van der Waals surface area contributed by atoms with Crippen LogP contribution in [-0.2, 0) is 16.6 Å². The summed E-state index contributed by atoms with van der Waals surface area (Å²) in [5.74, 6) is 1.15. The van der Waals surface area contributed by atoms with Crippen molar-refractivity contribution >= 4 is 27.5 Å². The van der Waals surface area contributed by atoms with Crippen molar-refractivity contribution in [2.45, 2.75) is 39.0 Å². The van der Waals surface area contributed by atoms with Crippen molar-refractivity contribution in [1.29, 1.82) is 0 Å². The van der Waals surface area contributed by atoms with Crippen LogP contribution in [-0.4, -0.2) is 19.1 Å². The first-order valence-corrected chi connectivity index (χ1v) is 11.6. The van der Waals surface area contributed by atoms with Crippen molar-refractivity contribution < 1.29 is 14.3 Å². The van der Waals surface area contributed by atoms with Crippen LogP contribution in [0.15, 0.2) is 77.3 Å². The Morgan fingerprint density at radius 2 is 1.72 bits per heavy atom. The molecule has 0 bridgehead atoms. The summed E-state index contributed by atoms with van der Waals surface area (Å²) in [4.78, 5) is 12.4. The monoisotopic (exact) mass is 495 g/mol. The number of carbonyl (C=O) groups is 1. The second-order valence-corrected chi connectivity index (χ2v) is 9.55. The molecule has 0 unspecified atom stereocenters. The van der Waals surface area contributed by atoms with E-state index in [4.69, 9.17) is 9.47 Å². The van der Waals surface area contributed by atoms with Gasteiger partial charge >= 0.3 is 0 Å². The van der Waals surface area contributed by atoms with Gasteiger partial charge in [-0.25, -0.2) is 0 Å². The fourth-order valence-corrected chi connectivity index (χ4v) is 3.69. The maximum absolute atomic E-state index is 12.4. The Morgan fingerprint density at radius 3 is 2.44 bits per heavy atom. The van der Waals surface area contributed by atoms with Gasteiger partial charge in [-0.05, 0) is 69.6 Å². The number of hydrogen-bond acceptors (Lipinski definition) is 3. The molecule has 0 aliphatic carbocycles. The molecule has 3 aromatic carbocycles. The maximum Gasteiger partial charge on any atom is 0.262 e. The summed E-state index contributed by atoms with van der Waals surface area (Å²) >= 11 is 3.54. The topological polar surface area (TPSA) is 47.6 Å². The predicted octanol–water partition coefficient (Wildman–Crippen LogP) is 6.78. The minimum atomic E-state index is -0.224. The van der Waals surface area contributed by atoms with E-state index in [9.17, 15) is 4.79 Å². The Hall–Kier alpha value is -2.79. The molecule has 0 fully saturated rings. The van der Waals surface area contributed by atoms with Gasteiger partial charge in [0.15, 0.2) is 6.61 Å². The molecule has 0 radical (unpaired) electrons. The van der Waals surface area contributed by atoms with E-state index in [1.165, 1.54) is 11.1 Å². The molecule has 5 heteroatoms. The average molecular weight is 496 g/mol. The Bertz CT molecular complexity index is 1030. The van der Waals surface area contributed by atoms with Gasteiger partial charge < -0.3 is 14.8 Å². The Morgan fingerprint density at radius 1 is 0.938 bits per heavy atom. The lowest BCUT2D eigenvalue weighted by molar-refractivity contribution is -0.118. The summed E-state index contributed by atoms with van der Waals surface area (Å²) in [5, 5.41) is 2.86. The van der Waals surface area contributed by atoms with E-state index in [2.05, 4.69) is 54.2 Å². The minimum absolute atomic E-state index is 0.0487. The van der Waals surface area contributed by atoms with Gasteiger partial charge in [0, 0.05) is 11.8 Å². The zero-order valence-electron chi connectivity index (χ0n) is 18.9. The lowest BCUT2D eigenvalue weighted by Crippen LogP contribution is -2.20. The van der Waals surface area contributed by atoms with Crippen molar-refractivity contribution in [2.75, 3.05) is 18.5 Å². The Kier molecular flexibility index (Phi) is 8.34. The molecule has 4 nitrogen and oxygen atoms in total. The summed E-state index contributed by atoms with van der Waals surface area (Å²) in [6.07, 6.45) is 1.90. The first kappa shape index (κ1) is 23.9. The van der Waals surface area contributed by atoms with Gasteiger partial charge in [0.25, 0.3) is 5.91 Å². The molecular weight excluding hydrogens is 466 g/mol. The largest absolute Gasteiger partial charge is 0.494 e. The molecule has 0 aliphatic heterocycles. The maximum atomic E-state index is 12.4. The third-order valence-electron chi connectivity index (χ3n) is 5.00. The average Bonchev–Trinajstić information content (AvgIpc) is 2.76. The van der Waals surface area contributed by atoms with Crippen LogP contribution in [0.1, 0.15) is 38.3 Å². The molecule has 32 heavy (non-hydrogen) atoms. The van der Waals surface area contributed by atoms with Gasteiger partial charge in [-0.15, -0.1) is 0 Å². The van der Waals surface area contributed by atoms with Crippen LogP contribution in [0.4, 0.5) is 5.69 Å². The second-order valence-electron chi connectivity index (χ2n) is 8.70. The highest BCUT2D eigenvalue weighted by atomic mass is 79.9. The van der Waals surface area contributed by atoms with Crippen LogP contribution in [0.5, 0.6) is 11.5 Å². The van der Waals surface area contributed by atoms with Crippen LogP contribution in [0.3, 0.4) is 0 Å². The van der Waals surface area contributed by atoms with Crippen LogP contribution in [0, 0.1) is 0 Å². The second kappa shape index (κ2) is 11.2. The third-order valence-corrected chi connectivity index (χ3v) is 5.62. The number of benzene rings is 3. The van der Waals surface area contributed by atoms with Gasteiger partial charge in [0.05, 0.1) is 11.1 Å². The van der Waals surface area contributed by atoms with Crippen LogP contribution in [0.25, 0.3) is 0 Å². The molecule has 1 N–H and O–H groups in total. The molecular formula is C27H30BrNO3. The number of ether oxygens (including phenoxy) is 2. The minimum Gasteiger partial charge on any atom is -0.494 e. The first-order chi connectivity index (χ1) is 15.3. The van der Waals surface area contributed by atoms with Crippen LogP contribution >= 0.6 is 15.9 Å². The lowest BCUT2D eigenvalue weighted by atomic mass is 9.87. The number of anilines is 1. The summed E-state index contributed by atoms with van der Waals surface area (Å²) in [5.41, 5.74) is 3.23. The number of halogens is 1. The highest BCUT2D eigenvalue weighted by Gasteiger charge is 2.15. The zero-order valence-corrected chi connectivity index (χ0v) is 20.4. The molecule has 3 rings (SSSR count). The van der Waals surface area contributed by atoms with E-state index >= 15 is 0 Å². The summed E-state index contributed by atoms with van der Waals surface area (Å²) in [6, 6.07) is 23.7. The molecule has 0 aromatic heterocycles. The van der Waals surface area contributed by atoms with Gasteiger partial charge in [-0.3, -0.25) is 4.79 Å². The number of nitrogens with one attached hydrogen (secondary N) is 1. The Balaban J connectivity index is 1.46. The molecule has 0 saturated heterocycles. The SMILES string of the molecule is CC(C)(C)c1ccc(OCC(=O)Nc2cccc(OCCCc3ccccc3)c2)c(Br)c1. The first-order valence-electron chi connectivity index (χ1n) is 10.8. The third kappa shape index (κ3) is 7.41. The number of carbonyl (C=O) groups excluding carboxylic acids is 1. The molecule has 0 saturated carbocycles. The fourth-order valence-electron chi connectivity index (χ4n) is 3.20. The quantitative estimate of drug-likeness (QED) is 0.333. The summed E-state index contributed by atoms with van der Waals surface area (Å²) in [7, 11) is 0. The lowest BCUT2D eigenvalue weighted by Gasteiger charge is -2.20. The van der Waals surface area contributed by atoms with Crippen molar-refractivity contribution in [3.05, 3.63) is 88.4 Å². The van der Waals surface area contributed by atoms with E-state index in [0.29, 0.717) is 18.0 Å². The van der Waals surface area contributed by atoms with E-state index in [1.54, 1.807) is 0 Å². The molecule has 0 heterocycles. The Labute approximate surface area is 199 Å². The highest BCUT2D eigenvalue weighted by molar-refractivity contribution is 9.10. The molecule has 168 valence electrons. The fraction of sp³-hybridized carbons (Fsp3) is 0.296. The molecule has 3 aromatic rings. The normalized spacial score (nSPS) is 11.1. The van der Waals surface area contributed by atoms with Gasteiger partial charge in [0.2, 0.25) is 0 Å². The van der Waals surface area contributed by atoms with E-state index in [1.807, 2.05) is 60.7 Å². The predicted molar refractivity (Wildman–Crippen MR) is 134 cm³/mol. The number of rotatable bonds is 9. The van der Waals surface area contributed by atoms with Crippen molar-refractivity contribution in [3.63, 3.8) is 0 Å². The number of amides is 1. The molecule has 1 amide bonds. The zero-order chi connectivity index (χ0) is 23.0. The van der Waals surface area contributed by atoms with Gasteiger partial charge in [-0.2, -0.15) is 0 Å². The number of hydrogen-bond donors (Lipinski definition) is 1. The van der Waals surface area contributed by atoms with E-state index in [0.717, 1.165) is 23.1 Å². The highest BCUT2D eigenvalue weighted by Crippen LogP contribution is 2.31.